The van der Waals surface area contributed by atoms with Crippen LogP contribution in [0, 0.1) is 18.3 Å². The summed E-state index contributed by atoms with van der Waals surface area (Å²) in [5.74, 6) is 0. The minimum atomic E-state index is 0.147. The molecule has 0 radical (unpaired) electrons. The van der Waals surface area contributed by atoms with E-state index in [9.17, 15) is 0 Å². The van der Waals surface area contributed by atoms with E-state index in [0.29, 0.717) is 5.56 Å². The Kier molecular flexibility index (Phi) is 3.26. The smallest absolute Gasteiger partial charge is 0.137 e. The summed E-state index contributed by atoms with van der Waals surface area (Å²) in [6.45, 7) is 8.67. The van der Waals surface area contributed by atoms with Gasteiger partial charge in [-0.2, -0.15) is 5.26 Å². The van der Waals surface area contributed by atoms with Crippen LogP contribution in [0.3, 0.4) is 0 Å². The zero-order valence-corrected chi connectivity index (χ0v) is 13.4. The highest BCUT2D eigenvalue weighted by Gasteiger charge is 2.15. The first-order valence-electron chi connectivity index (χ1n) is 7.40. The van der Waals surface area contributed by atoms with Crippen LogP contribution < -0.4 is 0 Å². The summed E-state index contributed by atoms with van der Waals surface area (Å²) in [7, 11) is 0. The molecule has 0 fully saturated rings. The van der Waals surface area contributed by atoms with Gasteiger partial charge >= 0.3 is 0 Å². The van der Waals surface area contributed by atoms with Crippen molar-refractivity contribution in [3.63, 3.8) is 0 Å². The fraction of sp³-hybridized carbons (Fsp3) is 0.263. The zero-order valence-electron chi connectivity index (χ0n) is 13.4. The normalized spacial score (nSPS) is 11.6. The summed E-state index contributed by atoms with van der Waals surface area (Å²) < 4.78 is 1.98. The van der Waals surface area contributed by atoms with Crippen molar-refractivity contribution in [2.24, 2.45) is 0 Å². The first-order valence-corrected chi connectivity index (χ1v) is 7.40. The van der Waals surface area contributed by atoms with E-state index in [-0.39, 0.29) is 5.41 Å². The molecular formula is C19H19N3. The monoisotopic (exact) mass is 289 g/mol. The van der Waals surface area contributed by atoms with E-state index in [0.717, 1.165) is 22.6 Å². The van der Waals surface area contributed by atoms with Gasteiger partial charge in [0.2, 0.25) is 0 Å². The lowest BCUT2D eigenvalue weighted by Crippen LogP contribution is -2.10. The largest absolute Gasteiger partial charge is 0.302 e. The van der Waals surface area contributed by atoms with Gasteiger partial charge in [-0.1, -0.05) is 45.0 Å². The standard InChI is InChI=1S/C19H19N3/c1-13-18(15-6-8-16(9-7-15)19(2,3)4)21-17-10-5-14(11-20)12-22(13)17/h5-10,12H,1-4H3. The minimum Gasteiger partial charge on any atom is -0.302 e. The van der Waals surface area contributed by atoms with Crippen LogP contribution in [0.1, 0.15) is 37.6 Å². The summed E-state index contributed by atoms with van der Waals surface area (Å²) in [6, 6.07) is 14.4. The zero-order chi connectivity index (χ0) is 15.9. The van der Waals surface area contributed by atoms with Gasteiger partial charge in [-0.05, 0) is 30.0 Å². The molecule has 22 heavy (non-hydrogen) atoms. The second-order valence-corrected chi connectivity index (χ2v) is 6.63. The molecule has 3 rings (SSSR count). The van der Waals surface area contributed by atoms with Crippen molar-refractivity contribution >= 4 is 5.65 Å². The summed E-state index contributed by atoms with van der Waals surface area (Å²) >= 11 is 0. The molecule has 0 aliphatic rings. The van der Waals surface area contributed by atoms with Crippen LogP contribution in [-0.2, 0) is 5.41 Å². The Morgan fingerprint density at radius 3 is 2.32 bits per heavy atom. The van der Waals surface area contributed by atoms with Crippen molar-refractivity contribution in [1.29, 1.82) is 5.26 Å². The first-order chi connectivity index (χ1) is 10.4. The van der Waals surface area contributed by atoms with Crippen molar-refractivity contribution in [2.45, 2.75) is 33.1 Å². The highest BCUT2D eigenvalue weighted by Crippen LogP contribution is 2.28. The van der Waals surface area contributed by atoms with Gasteiger partial charge in [0.05, 0.1) is 11.3 Å². The van der Waals surface area contributed by atoms with Crippen LogP contribution >= 0.6 is 0 Å². The summed E-state index contributed by atoms with van der Waals surface area (Å²) in [5, 5.41) is 9.03. The molecule has 2 heterocycles. The number of aromatic nitrogens is 2. The fourth-order valence-corrected chi connectivity index (χ4v) is 2.63. The third kappa shape index (κ3) is 2.37. The molecule has 0 aliphatic carbocycles. The number of fused-ring (bicyclic) bond motifs is 1. The predicted octanol–water partition coefficient (Wildman–Crippen LogP) is 4.48. The van der Waals surface area contributed by atoms with E-state index in [2.05, 4.69) is 51.1 Å². The highest BCUT2D eigenvalue weighted by molar-refractivity contribution is 5.67. The lowest BCUT2D eigenvalue weighted by molar-refractivity contribution is 0.590. The molecule has 2 aromatic heterocycles. The number of hydrogen-bond acceptors (Lipinski definition) is 2. The van der Waals surface area contributed by atoms with Crippen molar-refractivity contribution < 1.29 is 0 Å². The van der Waals surface area contributed by atoms with E-state index in [4.69, 9.17) is 10.2 Å². The lowest BCUT2D eigenvalue weighted by atomic mass is 9.86. The van der Waals surface area contributed by atoms with Crippen molar-refractivity contribution in [1.82, 2.24) is 9.38 Å². The van der Waals surface area contributed by atoms with E-state index >= 15 is 0 Å². The first kappa shape index (κ1) is 14.3. The minimum absolute atomic E-state index is 0.147. The van der Waals surface area contributed by atoms with Gasteiger partial charge in [0, 0.05) is 17.5 Å². The van der Waals surface area contributed by atoms with Gasteiger partial charge in [0.25, 0.3) is 0 Å². The number of imidazole rings is 1. The molecule has 0 amide bonds. The van der Waals surface area contributed by atoms with Gasteiger partial charge in [0.15, 0.2) is 0 Å². The lowest BCUT2D eigenvalue weighted by Gasteiger charge is -2.19. The molecule has 110 valence electrons. The van der Waals surface area contributed by atoms with Crippen LogP contribution in [0.5, 0.6) is 0 Å². The third-order valence-corrected chi connectivity index (χ3v) is 4.01. The summed E-state index contributed by atoms with van der Waals surface area (Å²) in [6.07, 6.45) is 1.84. The summed E-state index contributed by atoms with van der Waals surface area (Å²) in [4.78, 5) is 4.70. The fourth-order valence-electron chi connectivity index (χ4n) is 2.63. The Hall–Kier alpha value is -2.60. The van der Waals surface area contributed by atoms with Crippen LogP contribution in [-0.4, -0.2) is 9.38 Å². The average molecular weight is 289 g/mol. The molecule has 0 saturated carbocycles. The maximum Gasteiger partial charge on any atom is 0.137 e. The average Bonchev–Trinajstić information content (AvgIpc) is 2.83. The molecule has 0 unspecified atom stereocenters. The number of nitrogens with zero attached hydrogens (tertiary/aromatic N) is 3. The van der Waals surface area contributed by atoms with Crippen molar-refractivity contribution in [3.05, 3.63) is 59.4 Å². The van der Waals surface area contributed by atoms with E-state index < -0.39 is 0 Å². The molecule has 3 heteroatoms. The molecule has 0 aliphatic heterocycles. The highest BCUT2D eigenvalue weighted by atomic mass is 15.0. The summed E-state index contributed by atoms with van der Waals surface area (Å²) in [5.41, 5.74) is 6.09. The maximum atomic E-state index is 9.03. The second-order valence-electron chi connectivity index (χ2n) is 6.63. The maximum absolute atomic E-state index is 9.03. The quantitative estimate of drug-likeness (QED) is 0.662. The molecule has 3 nitrogen and oxygen atoms in total. The molecule has 1 aromatic carbocycles. The molecule has 3 aromatic rings. The van der Waals surface area contributed by atoms with Crippen molar-refractivity contribution in [3.8, 4) is 17.3 Å². The van der Waals surface area contributed by atoms with Crippen LogP contribution in [0.4, 0.5) is 0 Å². The number of rotatable bonds is 1. The Labute approximate surface area is 130 Å². The van der Waals surface area contributed by atoms with Crippen LogP contribution in [0.15, 0.2) is 42.6 Å². The Bertz CT molecular complexity index is 872. The predicted molar refractivity (Wildman–Crippen MR) is 88.8 cm³/mol. The van der Waals surface area contributed by atoms with Crippen molar-refractivity contribution in [2.75, 3.05) is 0 Å². The molecule has 0 bridgehead atoms. The molecule has 0 N–H and O–H groups in total. The molecular weight excluding hydrogens is 270 g/mol. The van der Waals surface area contributed by atoms with Crippen LogP contribution in [0.25, 0.3) is 16.9 Å². The Morgan fingerprint density at radius 1 is 1.05 bits per heavy atom. The number of pyridine rings is 1. The number of aryl methyl sites for hydroxylation is 1. The van der Waals surface area contributed by atoms with Gasteiger partial charge in [-0.25, -0.2) is 4.98 Å². The number of benzene rings is 1. The van der Waals surface area contributed by atoms with Gasteiger partial charge < -0.3 is 4.40 Å². The SMILES string of the molecule is Cc1c(-c2ccc(C(C)(C)C)cc2)nc2ccc(C#N)cn12. The van der Waals surface area contributed by atoms with E-state index in [1.165, 1.54) is 5.56 Å². The Morgan fingerprint density at radius 2 is 1.73 bits per heavy atom. The molecule has 0 saturated heterocycles. The number of hydrogen-bond donors (Lipinski definition) is 0. The van der Waals surface area contributed by atoms with E-state index in [1.807, 2.05) is 23.6 Å². The Balaban J connectivity index is 2.11. The van der Waals surface area contributed by atoms with Gasteiger partial charge in [0.1, 0.15) is 11.7 Å². The molecule has 0 atom stereocenters. The second kappa shape index (κ2) is 4.99. The molecule has 0 spiro atoms. The van der Waals surface area contributed by atoms with Gasteiger partial charge in [-0.15, -0.1) is 0 Å². The number of nitriles is 1. The van der Waals surface area contributed by atoms with Gasteiger partial charge in [-0.3, -0.25) is 0 Å². The third-order valence-electron chi connectivity index (χ3n) is 4.01. The van der Waals surface area contributed by atoms with E-state index in [1.54, 1.807) is 6.07 Å². The topological polar surface area (TPSA) is 41.1 Å². The van der Waals surface area contributed by atoms with Crippen LogP contribution in [0.2, 0.25) is 0 Å².